The number of rotatable bonds is 13. The topological polar surface area (TPSA) is 140 Å². The third-order valence-corrected chi connectivity index (χ3v) is 4.83. The minimum Gasteiger partial charge on any atom is -0.468 e. The molecule has 2 N–H and O–H groups in total. The molecule has 1 aromatic rings. The Kier molecular flexibility index (Phi) is 12.1. The number of benzene rings is 1. The van der Waals surface area contributed by atoms with Crippen molar-refractivity contribution in [1.82, 2.24) is 0 Å². The van der Waals surface area contributed by atoms with Crippen LogP contribution in [0.2, 0.25) is 0 Å². The van der Waals surface area contributed by atoms with Crippen LogP contribution in [-0.2, 0) is 35.0 Å². The van der Waals surface area contributed by atoms with E-state index in [9.17, 15) is 19.2 Å². The van der Waals surface area contributed by atoms with Crippen molar-refractivity contribution < 1.29 is 42.9 Å². The monoisotopic (exact) mass is 481 g/mol. The molecule has 0 radical (unpaired) electrons. The van der Waals surface area contributed by atoms with Gasteiger partial charge in [-0.2, -0.15) is 0 Å². The van der Waals surface area contributed by atoms with Crippen LogP contribution in [0.4, 0.5) is 4.79 Å². The van der Waals surface area contributed by atoms with Gasteiger partial charge in [0.2, 0.25) is 0 Å². The number of hydrogen-bond acceptors (Lipinski definition) is 10. The third-order valence-electron chi connectivity index (χ3n) is 4.83. The molecule has 1 atom stereocenters. The van der Waals surface area contributed by atoms with Crippen LogP contribution in [0.15, 0.2) is 18.2 Å². The highest BCUT2D eigenvalue weighted by Crippen LogP contribution is 2.31. The molecule has 0 heterocycles. The standard InChI is InChI=1S/C24H35NO9/c1-6-20(26)33-18-9-8-17(14-19(18)34-21(27)7-2)15-24(25,22(28)30-5)11-13-32-23(29)31-12-10-16(3)4/h8-9,14,16H,6-7,10-13,15,25H2,1-5H3/t24-/m1/s1. The van der Waals surface area contributed by atoms with Crippen molar-refractivity contribution in [2.75, 3.05) is 20.3 Å². The second kappa shape index (κ2) is 14.2. The summed E-state index contributed by atoms with van der Waals surface area (Å²) in [7, 11) is 1.20. The molecule has 0 unspecified atom stereocenters. The van der Waals surface area contributed by atoms with Crippen molar-refractivity contribution in [2.24, 2.45) is 11.7 Å². The Morgan fingerprint density at radius 3 is 2.09 bits per heavy atom. The maximum atomic E-state index is 12.4. The summed E-state index contributed by atoms with van der Waals surface area (Å²) in [6, 6.07) is 4.52. The molecule has 0 saturated carbocycles. The molecule has 0 bridgehead atoms. The molecule has 34 heavy (non-hydrogen) atoms. The Hall–Kier alpha value is -3.14. The van der Waals surface area contributed by atoms with Gasteiger partial charge in [-0.1, -0.05) is 33.8 Å². The summed E-state index contributed by atoms with van der Waals surface area (Å²) in [5.74, 6) is -1.25. The summed E-state index contributed by atoms with van der Waals surface area (Å²) < 4.78 is 25.4. The third kappa shape index (κ3) is 9.78. The molecule has 190 valence electrons. The SMILES string of the molecule is CCC(=O)Oc1ccc(C[C@](N)(CCOC(=O)OCCC(C)C)C(=O)OC)cc1OC(=O)CC. The fourth-order valence-corrected chi connectivity index (χ4v) is 2.78. The number of carbonyl (C=O) groups is 4. The van der Waals surface area contributed by atoms with E-state index in [1.165, 1.54) is 19.2 Å². The van der Waals surface area contributed by atoms with Gasteiger partial charge < -0.3 is 29.4 Å². The zero-order chi connectivity index (χ0) is 25.7. The maximum Gasteiger partial charge on any atom is 0.508 e. The predicted octanol–water partition coefficient (Wildman–Crippen LogP) is 3.32. The van der Waals surface area contributed by atoms with Crippen LogP contribution in [0.25, 0.3) is 0 Å². The molecule has 0 fully saturated rings. The predicted molar refractivity (Wildman–Crippen MR) is 122 cm³/mol. The van der Waals surface area contributed by atoms with E-state index >= 15 is 0 Å². The number of methoxy groups -OCH3 is 1. The summed E-state index contributed by atoms with van der Waals surface area (Å²) in [4.78, 5) is 47.7. The quantitative estimate of drug-likeness (QED) is 0.329. The smallest absolute Gasteiger partial charge is 0.468 e. The van der Waals surface area contributed by atoms with Crippen molar-refractivity contribution >= 4 is 24.1 Å². The second-order valence-corrected chi connectivity index (χ2v) is 8.14. The molecule has 0 aliphatic rings. The summed E-state index contributed by atoms with van der Waals surface area (Å²) in [6.45, 7) is 7.33. The Morgan fingerprint density at radius 1 is 0.941 bits per heavy atom. The zero-order valence-corrected chi connectivity index (χ0v) is 20.5. The molecule has 0 aliphatic heterocycles. The summed E-state index contributed by atoms with van der Waals surface area (Å²) in [5, 5.41) is 0. The van der Waals surface area contributed by atoms with Crippen LogP contribution >= 0.6 is 0 Å². The van der Waals surface area contributed by atoms with Crippen molar-refractivity contribution in [1.29, 1.82) is 0 Å². The minimum atomic E-state index is -1.54. The summed E-state index contributed by atoms with van der Waals surface area (Å²) >= 11 is 0. The fourth-order valence-electron chi connectivity index (χ4n) is 2.78. The summed E-state index contributed by atoms with van der Waals surface area (Å²) in [5.41, 5.74) is 5.30. The van der Waals surface area contributed by atoms with E-state index < -0.39 is 29.6 Å². The molecular formula is C24H35NO9. The molecule has 0 aromatic heterocycles. The van der Waals surface area contributed by atoms with Crippen molar-refractivity contribution in [2.45, 2.75) is 65.3 Å². The van der Waals surface area contributed by atoms with E-state index in [0.29, 0.717) is 17.9 Å². The lowest BCUT2D eigenvalue weighted by atomic mass is 9.88. The van der Waals surface area contributed by atoms with Gasteiger partial charge in [0.15, 0.2) is 11.5 Å². The van der Waals surface area contributed by atoms with Gasteiger partial charge in [0.25, 0.3) is 0 Å². The number of carbonyl (C=O) groups excluding carboxylic acids is 4. The summed E-state index contributed by atoms with van der Waals surface area (Å²) in [6.07, 6.45) is 0.0336. The van der Waals surface area contributed by atoms with Gasteiger partial charge in [-0.15, -0.1) is 0 Å². The van der Waals surface area contributed by atoms with Gasteiger partial charge in [0.05, 0.1) is 20.3 Å². The average Bonchev–Trinajstić information content (AvgIpc) is 2.79. The Labute approximate surface area is 200 Å². The van der Waals surface area contributed by atoms with E-state index in [1.54, 1.807) is 19.9 Å². The normalized spacial score (nSPS) is 12.4. The Bertz CT molecular complexity index is 853. The lowest BCUT2D eigenvalue weighted by Crippen LogP contribution is -2.51. The van der Waals surface area contributed by atoms with Crippen molar-refractivity contribution in [3.63, 3.8) is 0 Å². The number of nitrogens with two attached hydrogens (primary N) is 1. The van der Waals surface area contributed by atoms with Crippen LogP contribution in [0.1, 0.15) is 58.9 Å². The Morgan fingerprint density at radius 2 is 1.53 bits per heavy atom. The van der Waals surface area contributed by atoms with Gasteiger partial charge in [-0.25, -0.2) is 4.79 Å². The minimum absolute atomic E-state index is 0.0237. The largest absolute Gasteiger partial charge is 0.508 e. The average molecular weight is 482 g/mol. The molecule has 1 rings (SSSR count). The van der Waals surface area contributed by atoms with E-state index in [0.717, 1.165) is 0 Å². The highest BCUT2D eigenvalue weighted by molar-refractivity contribution is 5.81. The maximum absolute atomic E-state index is 12.4. The molecule has 10 heteroatoms. The van der Waals surface area contributed by atoms with Crippen LogP contribution in [-0.4, -0.2) is 49.9 Å². The molecule has 0 amide bonds. The van der Waals surface area contributed by atoms with E-state index in [1.807, 2.05) is 13.8 Å². The molecule has 10 nitrogen and oxygen atoms in total. The first kappa shape index (κ1) is 28.9. The van der Waals surface area contributed by atoms with E-state index in [2.05, 4.69) is 0 Å². The lowest BCUT2D eigenvalue weighted by molar-refractivity contribution is -0.147. The van der Waals surface area contributed by atoms with E-state index in [-0.39, 0.29) is 50.4 Å². The fraction of sp³-hybridized carbons (Fsp3) is 0.583. The molecule has 1 aromatic carbocycles. The van der Waals surface area contributed by atoms with Gasteiger partial charge in [-0.05, 0) is 30.0 Å². The van der Waals surface area contributed by atoms with Gasteiger partial charge in [-0.3, -0.25) is 14.4 Å². The van der Waals surface area contributed by atoms with Crippen molar-refractivity contribution in [3.8, 4) is 11.5 Å². The zero-order valence-electron chi connectivity index (χ0n) is 20.5. The lowest BCUT2D eigenvalue weighted by Gasteiger charge is -2.26. The molecule has 0 saturated heterocycles. The first-order valence-electron chi connectivity index (χ1n) is 11.3. The van der Waals surface area contributed by atoms with Crippen LogP contribution in [0.3, 0.4) is 0 Å². The van der Waals surface area contributed by atoms with Gasteiger partial charge in [0, 0.05) is 25.7 Å². The number of ether oxygens (including phenoxy) is 5. The van der Waals surface area contributed by atoms with Crippen LogP contribution in [0, 0.1) is 5.92 Å². The number of hydrogen-bond donors (Lipinski definition) is 1. The first-order valence-corrected chi connectivity index (χ1v) is 11.3. The van der Waals surface area contributed by atoms with Gasteiger partial charge >= 0.3 is 24.1 Å². The molecular weight excluding hydrogens is 446 g/mol. The van der Waals surface area contributed by atoms with Gasteiger partial charge in [0.1, 0.15) is 5.54 Å². The first-order chi connectivity index (χ1) is 16.0. The van der Waals surface area contributed by atoms with E-state index in [4.69, 9.17) is 29.4 Å². The molecule has 0 aliphatic carbocycles. The highest BCUT2D eigenvalue weighted by atomic mass is 16.7. The number of esters is 3. The molecule has 0 spiro atoms. The van der Waals surface area contributed by atoms with Crippen molar-refractivity contribution in [3.05, 3.63) is 23.8 Å². The highest BCUT2D eigenvalue weighted by Gasteiger charge is 2.36. The van der Waals surface area contributed by atoms with Crippen LogP contribution in [0.5, 0.6) is 11.5 Å². The van der Waals surface area contributed by atoms with Crippen LogP contribution < -0.4 is 15.2 Å². The second-order valence-electron chi connectivity index (χ2n) is 8.14. The Balaban J connectivity index is 2.97.